The summed E-state index contributed by atoms with van der Waals surface area (Å²) in [6.45, 7) is 1.82. The van der Waals surface area contributed by atoms with Crippen molar-refractivity contribution < 1.29 is 4.79 Å². The van der Waals surface area contributed by atoms with Crippen LogP contribution >= 0.6 is 0 Å². The Morgan fingerprint density at radius 1 is 1.29 bits per heavy atom. The van der Waals surface area contributed by atoms with E-state index in [0.29, 0.717) is 0 Å². The second-order valence-corrected chi connectivity index (χ2v) is 4.01. The third-order valence-corrected chi connectivity index (χ3v) is 2.66. The van der Waals surface area contributed by atoms with Gasteiger partial charge in [-0.2, -0.15) is 9.78 Å². The molecule has 0 saturated heterocycles. The van der Waals surface area contributed by atoms with E-state index < -0.39 is 6.03 Å². The van der Waals surface area contributed by atoms with Gasteiger partial charge in [0.1, 0.15) is 0 Å². The van der Waals surface area contributed by atoms with Crippen LogP contribution in [-0.4, -0.2) is 15.8 Å². The first-order valence-electron chi connectivity index (χ1n) is 5.56. The molecule has 0 spiro atoms. The fourth-order valence-corrected chi connectivity index (χ4v) is 1.80. The van der Waals surface area contributed by atoms with Crippen LogP contribution in [0.3, 0.4) is 0 Å². The van der Waals surface area contributed by atoms with Gasteiger partial charge in [-0.1, -0.05) is 30.3 Å². The highest BCUT2D eigenvalue weighted by atomic mass is 16.2. The fraction of sp³-hybridized carbons (Fsp3) is 0.231. The van der Waals surface area contributed by atoms with Crippen LogP contribution in [-0.2, 0) is 12.8 Å². The number of amides is 1. The van der Waals surface area contributed by atoms with Crippen LogP contribution in [0, 0.1) is 6.92 Å². The van der Waals surface area contributed by atoms with Gasteiger partial charge in [0.2, 0.25) is 0 Å². The van der Waals surface area contributed by atoms with Crippen LogP contribution in [0.15, 0.2) is 36.4 Å². The number of carbonyl (C=O) groups is 1. The predicted molar refractivity (Wildman–Crippen MR) is 65.8 cm³/mol. The maximum atomic E-state index is 11.0. The minimum Gasteiger partial charge on any atom is -0.350 e. The summed E-state index contributed by atoms with van der Waals surface area (Å²) in [4.78, 5) is 11.0. The van der Waals surface area contributed by atoms with Gasteiger partial charge in [0.25, 0.3) is 0 Å². The van der Waals surface area contributed by atoms with Crippen molar-refractivity contribution in [2.45, 2.75) is 19.8 Å². The quantitative estimate of drug-likeness (QED) is 0.873. The van der Waals surface area contributed by atoms with E-state index in [-0.39, 0.29) is 0 Å². The van der Waals surface area contributed by atoms with E-state index in [1.807, 2.05) is 31.2 Å². The Kier molecular flexibility index (Phi) is 3.23. The zero-order valence-electron chi connectivity index (χ0n) is 9.76. The summed E-state index contributed by atoms with van der Waals surface area (Å²) in [7, 11) is 0. The Morgan fingerprint density at radius 2 is 2.00 bits per heavy atom. The predicted octanol–water partition coefficient (Wildman–Crippen LogP) is 1.90. The Bertz CT molecular complexity index is 517. The molecule has 1 aromatic heterocycles. The lowest BCUT2D eigenvalue weighted by molar-refractivity contribution is 0.247. The summed E-state index contributed by atoms with van der Waals surface area (Å²) in [5, 5.41) is 4.17. The number of nitrogens with two attached hydrogens (primary N) is 1. The first-order chi connectivity index (χ1) is 8.16. The van der Waals surface area contributed by atoms with Gasteiger partial charge < -0.3 is 5.73 Å². The summed E-state index contributed by atoms with van der Waals surface area (Å²) in [6.07, 6.45) is 1.72. The molecule has 0 aliphatic rings. The summed E-state index contributed by atoms with van der Waals surface area (Å²) in [5.74, 6) is 0. The maximum absolute atomic E-state index is 11.0. The van der Waals surface area contributed by atoms with E-state index in [1.165, 1.54) is 10.2 Å². The lowest BCUT2D eigenvalue weighted by Crippen LogP contribution is -2.22. The molecular formula is C13H15N3O. The number of carbonyl (C=O) groups excluding carboxylic acids is 1. The van der Waals surface area contributed by atoms with Gasteiger partial charge in [0.15, 0.2) is 0 Å². The van der Waals surface area contributed by atoms with Gasteiger partial charge in [0, 0.05) is 5.69 Å². The molecule has 2 rings (SSSR count). The molecule has 1 heterocycles. The van der Waals surface area contributed by atoms with Gasteiger partial charge in [0.05, 0.1) is 5.69 Å². The van der Waals surface area contributed by atoms with Gasteiger partial charge >= 0.3 is 6.03 Å². The Labute approximate surface area is 100 Å². The number of primary amides is 1. The number of hydrogen-bond acceptors (Lipinski definition) is 2. The molecule has 0 atom stereocenters. The molecule has 0 aliphatic heterocycles. The van der Waals surface area contributed by atoms with Crippen molar-refractivity contribution in [2.75, 3.05) is 0 Å². The molecule has 0 unspecified atom stereocenters. The van der Waals surface area contributed by atoms with Gasteiger partial charge in [-0.3, -0.25) is 0 Å². The van der Waals surface area contributed by atoms with Crippen LogP contribution in [0.1, 0.15) is 17.0 Å². The Morgan fingerprint density at radius 3 is 2.59 bits per heavy atom. The van der Waals surface area contributed by atoms with Crippen molar-refractivity contribution in [1.29, 1.82) is 0 Å². The van der Waals surface area contributed by atoms with Gasteiger partial charge in [-0.25, -0.2) is 4.79 Å². The van der Waals surface area contributed by atoms with Crippen molar-refractivity contribution >= 4 is 6.03 Å². The number of rotatable bonds is 3. The van der Waals surface area contributed by atoms with Crippen LogP contribution in [0.25, 0.3) is 0 Å². The first kappa shape index (κ1) is 11.4. The minimum absolute atomic E-state index is 0.534. The maximum Gasteiger partial charge on any atom is 0.339 e. The average Bonchev–Trinajstić information content (AvgIpc) is 2.69. The number of nitrogens with zero attached hydrogens (tertiary/aromatic N) is 2. The molecule has 4 nitrogen and oxygen atoms in total. The largest absolute Gasteiger partial charge is 0.350 e. The molecule has 0 bridgehead atoms. The van der Waals surface area contributed by atoms with E-state index >= 15 is 0 Å². The summed E-state index contributed by atoms with van der Waals surface area (Å²) >= 11 is 0. The number of benzene rings is 1. The summed E-state index contributed by atoms with van der Waals surface area (Å²) < 4.78 is 1.24. The Hall–Kier alpha value is -2.10. The zero-order chi connectivity index (χ0) is 12.3. The molecule has 2 aromatic rings. The number of aromatic nitrogens is 2. The minimum atomic E-state index is -0.534. The van der Waals surface area contributed by atoms with E-state index in [1.54, 1.807) is 0 Å². The molecule has 88 valence electrons. The van der Waals surface area contributed by atoms with Gasteiger partial charge in [-0.15, -0.1) is 0 Å². The van der Waals surface area contributed by atoms with Crippen molar-refractivity contribution in [3.63, 3.8) is 0 Å². The number of hydrogen-bond donors (Lipinski definition) is 1. The first-order valence-corrected chi connectivity index (χ1v) is 5.56. The second kappa shape index (κ2) is 4.82. The van der Waals surface area contributed by atoms with E-state index in [2.05, 4.69) is 17.2 Å². The zero-order valence-corrected chi connectivity index (χ0v) is 9.76. The monoisotopic (exact) mass is 229 g/mol. The molecule has 1 aromatic carbocycles. The van der Waals surface area contributed by atoms with E-state index in [4.69, 9.17) is 5.73 Å². The second-order valence-electron chi connectivity index (χ2n) is 4.01. The molecule has 1 amide bonds. The van der Waals surface area contributed by atoms with Crippen molar-refractivity contribution in [2.24, 2.45) is 5.73 Å². The lowest BCUT2D eigenvalue weighted by Gasteiger charge is -1.98. The summed E-state index contributed by atoms with van der Waals surface area (Å²) in [6, 6.07) is 11.6. The average molecular weight is 229 g/mol. The molecule has 0 aliphatic carbocycles. The Balaban J connectivity index is 2.05. The smallest absolute Gasteiger partial charge is 0.339 e. The SMILES string of the molecule is Cc1cc(CCc2ccccc2)nn1C(N)=O. The molecule has 4 heteroatoms. The number of aryl methyl sites for hydroxylation is 3. The molecular weight excluding hydrogens is 214 g/mol. The normalized spacial score (nSPS) is 10.4. The van der Waals surface area contributed by atoms with Crippen LogP contribution in [0.5, 0.6) is 0 Å². The van der Waals surface area contributed by atoms with Crippen molar-refractivity contribution in [1.82, 2.24) is 9.78 Å². The van der Waals surface area contributed by atoms with Crippen LogP contribution in [0.4, 0.5) is 4.79 Å². The third kappa shape index (κ3) is 2.72. The lowest BCUT2D eigenvalue weighted by atomic mass is 10.1. The van der Waals surface area contributed by atoms with Crippen molar-refractivity contribution in [3.8, 4) is 0 Å². The van der Waals surface area contributed by atoms with Crippen LogP contribution < -0.4 is 5.73 Å². The van der Waals surface area contributed by atoms with E-state index in [0.717, 1.165) is 24.2 Å². The summed E-state index contributed by atoms with van der Waals surface area (Å²) in [5.41, 5.74) is 8.13. The van der Waals surface area contributed by atoms with Crippen LogP contribution in [0.2, 0.25) is 0 Å². The highest BCUT2D eigenvalue weighted by Gasteiger charge is 2.07. The highest BCUT2D eigenvalue weighted by Crippen LogP contribution is 2.08. The molecule has 0 radical (unpaired) electrons. The molecule has 17 heavy (non-hydrogen) atoms. The standard InChI is InChI=1S/C13H15N3O/c1-10-9-12(15-16(10)13(14)17)8-7-11-5-3-2-4-6-11/h2-6,9H,7-8H2,1H3,(H2,14,17). The molecule has 2 N–H and O–H groups in total. The topological polar surface area (TPSA) is 60.9 Å². The third-order valence-electron chi connectivity index (χ3n) is 2.66. The highest BCUT2D eigenvalue weighted by molar-refractivity contribution is 5.74. The van der Waals surface area contributed by atoms with E-state index in [9.17, 15) is 4.79 Å². The molecule has 0 saturated carbocycles. The van der Waals surface area contributed by atoms with Crippen molar-refractivity contribution in [3.05, 3.63) is 53.3 Å². The van der Waals surface area contributed by atoms with Gasteiger partial charge in [-0.05, 0) is 31.4 Å². The fourth-order valence-electron chi connectivity index (χ4n) is 1.80. The molecule has 0 fully saturated rings.